The van der Waals surface area contributed by atoms with Gasteiger partial charge in [-0.1, -0.05) is 35.9 Å². The number of amides is 1. The molecule has 0 aliphatic rings. The number of nitrogens with one attached hydrogen (secondary N) is 1. The summed E-state index contributed by atoms with van der Waals surface area (Å²) in [7, 11) is 1.58. The summed E-state index contributed by atoms with van der Waals surface area (Å²) in [6, 6.07) is 21.8. The number of ether oxygens (including phenoxy) is 1. The topological polar surface area (TPSA) is 55.4 Å². The minimum atomic E-state index is -0.0964. The molecule has 0 saturated carbocycles. The zero-order valence-electron chi connectivity index (χ0n) is 15.9. The van der Waals surface area contributed by atoms with Crippen LogP contribution in [-0.2, 0) is 11.2 Å². The maximum Gasteiger partial charge on any atom is 0.228 e. The lowest BCUT2D eigenvalue weighted by Gasteiger charge is -2.07. The molecule has 0 unspecified atom stereocenters. The normalized spacial score (nSPS) is 10.4. The van der Waals surface area contributed by atoms with Gasteiger partial charge in [0.2, 0.25) is 5.91 Å². The van der Waals surface area contributed by atoms with Gasteiger partial charge in [0.1, 0.15) is 5.75 Å². The van der Waals surface area contributed by atoms with Crippen molar-refractivity contribution >= 4 is 40.7 Å². The van der Waals surface area contributed by atoms with Gasteiger partial charge in [-0.3, -0.25) is 9.59 Å². The van der Waals surface area contributed by atoms with E-state index in [-0.39, 0.29) is 18.1 Å². The van der Waals surface area contributed by atoms with Gasteiger partial charge in [0.25, 0.3) is 0 Å². The van der Waals surface area contributed by atoms with E-state index in [2.05, 4.69) is 5.32 Å². The van der Waals surface area contributed by atoms with E-state index < -0.39 is 0 Å². The lowest BCUT2D eigenvalue weighted by molar-refractivity contribution is -0.115. The predicted octanol–water partition coefficient (Wildman–Crippen LogP) is 5.50. The van der Waals surface area contributed by atoms with E-state index in [0.29, 0.717) is 27.8 Å². The van der Waals surface area contributed by atoms with Gasteiger partial charge in [-0.25, -0.2) is 0 Å². The maximum atomic E-state index is 12.4. The molecule has 3 aromatic rings. The molecule has 0 saturated heterocycles. The summed E-state index contributed by atoms with van der Waals surface area (Å²) in [6.45, 7) is 0. The highest BCUT2D eigenvalue weighted by molar-refractivity contribution is 8.00. The summed E-state index contributed by atoms with van der Waals surface area (Å²) in [5.41, 5.74) is 2.24. The third-order valence-electron chi connectivity index (χ3n) is 4.18. The van der Waals surface area contributed by atoms with E-state index in [1.54, 1.807) is 37.4 Å². The second-order valence-electron chi connectivity index (χ2n) is 6.32. The molecular formula is C23H20ClNO3S. The molecule has 0 radical (unpaired) electrons. The molecule has 148 valence electrons. The fourth-order valence-corrected chi connectivity index (χ4v) is 3.58. The molecule has 0 heterocycles. The third-order valence-corrected chi connectivity index (χ3v) is 5.44. The molecule has 0 aliphatic carbocycles. The van der Waals surface area contributed by atoms with Gasteiger partial charge in [0, 0.05) is 21.2 Å². The number of ketones is 1. The Labute approximate surface area is 179 Å². The Balaban J connectivity index is 1.51. The first-order valence-electron chi connectivity index (χ1n) is 8.98. The number of benzene rings is 3. The van der Waals surface area contributed by atoms with Crippen LogP contribution in [-0.4, -0.2) is 24.6 Å². The quantitative estimate of drug-likeness (QED) is 0.382. The van der Waals surface area contributed by atoms with Gasteiger partial charge in [-0.15, -0.1) is 11.8 Å². The molecule has 3 rings (SSSR count). The van der Waals surface area contributed by atoms with Crippen molar-refractivity contribution in [1.82, 2.24) is 0 Å². The van der Waals surface area contributed by atoms with Crippen molar-refractivity contribution in [3.05, 3.63) is 88.9 Å². The first kappa shape index (κ1) is 21.0. The molecule has 0 bridgehead atoms. The maximum absolute atomic E-state index is 12.4. The summed E-state index contributed by atoms with van der Waals surface area (Å²) < 4.78 is 5.16. The number of thioether (sulfide) groups is 1. The Morgan fingerprint density at radius 3 is 2.41 bits per heavy atom. The zero-order valence-corrected chi connectivity index (χ0v) is 17.4. The van der Waals surface area contributed by atoms with Gasteiger partial charge >= 0.3 is 0 Å². The summed E-state index contributed by atoms with van der Waals surface area (Å²) in [4.78, 5) is 25.5. The monoisotopic (exact) mass is 425 g/mol. The lowest BCUT2D eigenvalue weighted by atomic mass is 10.1. The van der Waals surface area contributed by atoms with E-state index in [9.17, 15) is 9.59 Å². The number of hydrogen-bond acceptors (Lipinski definition) is 4. The second-order valence-corrected chi connectivity index (χ2v) is 7.80. The molecular weight excluding hydrogens is 406 g/mol. The van der Waals surface area contributed by atoms with Crippen molar-refractivity contribution in [2.75, 3.05) is 18.2 Å². The first-order chi connectivity index (χ1) is 14.0. The number of methoxy groups -OCH3 is 1. The van der Waals surface area contributed by atoms with Crippen LogP contribution in [0.2, 0.25) is 5.02 Å². The first-order valence-corrected chi connectivity index (χ1v) is 10.3. The van der Waals surface area contributed by atoms with E-state index in [1.807, 2.05) is 42.5 Å². The van der Waals surface area contributed by atoms with Crippen LogP contribution >= 0.6 is 23.4 Å². The second kappa shape index (κ2) is 10.1. The SMILES string of the molecule is COc1cccc(C(=O)CSc2ccc(NC(=O)Cc3ccc(Cl)cc3)cc2)c1. The predicted molar refractivity (Wildman–Crippen MR) is 118 cm³/mol. The van der Waals surface area contributed by atoms with E-state index in [4.69, 9.17) is 16.3 Å². The number of carbonyl (C=O) groups excluding carboxylic acids is 2. The van der Waals surface area contributed by atoms with Crippen molar-refractivity contribution in [1.29, 1.82) is 0 Å². The minimum Gasteiger partial charge on any atom is -0.497 e. The third kappa shape index (κ3) is 6.38. The summed E-state index contributed by atoms with van der Waals surface area (Å²) in [5.74, 6) is 0.935. The van der Waals surface area contributed by atoms with Crippen molar-refractivity contribution in [2.45, 2.75) is 11.3 Å². The number of anilines is 1. The average molecular weight is 426 g/mol. The van der Waals surface area contributed by atoms with Crippen LogP contribution in [0, 0.1) is 0 Å². The van der Waals surface area contributed by atoms with Crippen LogP contribution in [0.3, 0.4) is 0 Å². The van der Waals surface area contributed by atoms with Crippen LogP contribution in [0.1, 0.15) is 15.9 Å². The van der Waals surface area contributed by atoms with E-state index >= 15 is 0 Å². The summed E-state index contributed by atoms with van der Waals surface area (Å²) >= 11 is 7.31. The standard InChI is InChI=1S/C23H20ClNO3S/c1-28-20-4-2-3-17(14-20)22(26)15-29-21-11-9-19(10-12-21)25-23(27)13-16-5-7-18(24)8-6-16/h2-12,14H,13,15H2,1H3,(H,25,27). The van der Waals surface area contributed by atoms with Crippen molar-refractivity contribution in [2.24, 2.45) is 0 Å². The summed E-state index contributed by atoms with van der Waals surface area (Å²) in [5, 5.41) is 3.52. The smallest absolute Gasteiger partial charge is 0.228 e. The molecule has 0 aliphatic heterocycles. The molecule has 6 heteroatoms. The van der Waals surface area contributed by atoms with Crippen molar-refractivity contribution in [3.63, 3.8) is 0 Å². The van der Waals surface area contributed by atoms with Crippen LogP contribution in [0.25, 0.3) is 0 Å². The van der Waals surface area contributed by atoms with E-state index in [1.165, 1.54) is 11.8 Å². The van der Waals surface area contributed by atoms with Crippen LogP contribution in [0.4, 0.5) is 5.69 Å². The minimum absolute atomic E-state index is 0.0363. The van der Waals surface area contributed by atoms with Gasteiger partial charge in [0.15, 0.2) is 5.78 Å². The largest absolute Gasteiger partial charge is 0.497 e. The number of hydrogen-bond donors (Lipinski definition) is 1. The van der Waals surface area contributed by atoms with Crippen LogP contribution in [0.5, 0.6) is 5.75 Å². The molecule has 0 atom stereocenters. The molecule has 0 fully saturated rings. The van der Waals surface area contributed by atoms with E-state index in [0.717, 1.165) is 10.5 Å². The van der Waals surface area contributed by atoms with Crippen molar-refractivity contribution in [3.8, 4) is 5.75 Å². The number of carbonyl (C=O) groups is 2. The lowest BCUT2D eigenvalue weighted by Crippen LogP contribution is -2.14. The molecule has 0 spiro atoms. The highest BCUT2D eigenvalue weighted by Gasteiger charge is 2.09. The Bertz CT molecular complexity index is 988. The van der Waals surface area contributed by atoms with Crippen LogP contribution < -0.4 is 10.1 Å². The van der Waals surface area contributed by atoms with Gasteiger partial charge in [-0.05, 0) is 54.1 Å². The fraction of sp³-hybridized carbons (Fsp3) is 0.130. The van der Waals surface area contributed by atoms with Gasteiger partial charge in [0.05, 0.1) is 19.3 Å². The molecule has 3 aromatic carbocycles. The molecule has 0 aromatic heterocycles. The Kier molecular flexibility index (Phi) is 7.33. The Morgan fingerprint density at radius 2 is 1.72 bits per heavy atom. The fourth-order valence-electron chi connectivity index (χ4n) is 2.66. The highest BCUT2D eigenvalue weighted by Crippen LogP contribution is 2.22. The Hall–Kier alpha value is -2.76. The molecule has 29 heavy (non-hydrogen) atoms. The van der Waals surface area contributed by atoms with Gasteiger partial charge in [-0.2, -0.15) is 0 Å². The number of Topliss-reactive ketones (excluding diaryl/α,β-unsaturated/α-hetero) is 1. The highest BCUT2D eigenvalue weighted by atomic mass is 35.5. The molecule has 1 N–H and O–H groups in total. The number of rotatable bonds is 8. The Morgan fingerprint density at radius 1 is 1.00 bits per heavy atom. The molecule has 4 nitrogen and oxygen atoms in total. The zero-order chi connectivity index (χ0) is 20.6. The van der Waals surface area contributed by atoms with Crippen LogP contribution in [0.15, 0.2) is 77.7 Å². The molecule has 1 amide bonds. The average Bonchev–Trinajstić information content (AvgIpc) is 2.74. The van der Waals surface area contributed by atoms with Crippen molar-refractivity contribution < 1.29 is 14.3 Å². The number of halogens is 1. The van der Waals surface area contributed by atoms with Gasteiger partial charge < -0.3 is 10.1 Å². The summed E-state index contributed by atoms with van der Waals surface area (Å²) in [6.07, 6.45) is 0.280.